The number of carbonyl (C=O) groups excluding carboxylic acids is 1. The van der Waals surface area contributed by atoms with Gasteiger partial charge in [-0.2, -0.15) is 0 Å². The summed E-state index contributed by atoms with van der Waals surface area (Å²) in [6.45, 7) is 0.241. The third-order valence-electron chi connectivity index (χ3n) is 3.59. The lowest BCUT2D eigenvalue weighted by molar-refractivity contribution is 0.0697. The van der Waals surface area contributed by atoms with E-state index in [2.05, 4.69) is 0 Å². The predicted octanol–water partition coefficient (Wildman–Crippen LogP) is 3.82. The molecule has 0 aliphatic rings. The van der Waals surface area contributed by atoms with Crippen molar-refractivity contribution >= 4 is 17.6 Å². The molecular formula is C19H15NO4. The Bertz CT molecular complexity index is 841. The number of nitrogens with zero attached hydrogens (tertiary/aromatic N) is 1. The summed E-state index contributed by atoms with van der Waals surface area (Å²) in [5, 5.41) is 9.43. The number of rotatable bonds is 5. The van der Waals surface area contributed by atoms with Gasteiger partial charge in [0.1, 0.15) is 0 Å². The highest BCUT2D eigenvalue weighted by Crippen LogP contribution is 2.25. The molecule has 0 radical (unpaired) electrons. The topological polar surface area (TPSA) is 70.8 Å². The van der Waals surface area contributed by atoms with Crippen LogP contribution in [0.3, 0.4) is 0 Å². The average Bonchev–Trinajstić information content (AvgIpc) is 3.14. The maximum Gasteiger partial charge on any atom is 0.337 e. The highest BCUT2D eigenvalue weighted by Gasteiger charge is 2.24. The van der Waals surface area contributed by atoms with Crippen molar-refractivity contribution in [3.63, 3.8) is 0 Å². The normalized spacial score (nSPS) is 10.3. The Balaban J connectivity index is 2.05. The molecule has 0 unspecified atom stereocenters. The fourth-order valence-electron chi connectivity index (χ4n) is 2.46. The van der Waals surface area contributed by atoms with Gasteiger partial charge in [-0.15, -0.1) is 0 Å². The zero-order valence-electron chi connectivity index (χ0n) is 12.8. The molecule has 0 aliphatic carbocycles. The van der Waals surface area contributed by atoms with Crippen LogP contribution in [-0.2, 0) is 6.54 Å². The van der Waals surface area contributed by atoms with Crippen LogP contribution in [0.4, 0.5) is 5.69 Å². The summed E-state index contributed by atoms with van der Waals surface area (Å²) in [7, 11) is 0. The van der Waals surface area contributed by atoms with Crippen LogP contribution < -0.4 is 4.90 Å². The van der Waals surface area contributed by atoms with Crippen LogP contribution in [0.25, 0.3) is 0 Å². The third-order valence-corrected chi connectivity index (χ3v) is 3.59. The Kier molecular flexibility index (Phi) is 4.43. The number of furan rings is 1. The minimum absolute atomic E-state index is 0.0633. The van der Waals surface area contributed by atoms with Gasteiger partial charge in [0.15, 0.2) is 5.76 Å². The Morgan fingerprint density at radius 2 is 1.62 bits per heavy atom. The molecule has 120 valence electrons. The molecule has 0 fully saturated rings. The lowest BCUT2D eigenvalue weighted by Crippen LogP contribution is -2.31. The highest BCUT2D eigenvalue weighted by molar-refractivity contribution is 6.07. The maximum absolute atomic E-state index is 12.8. The number of para-hydroxylation sites is 1. The first-order chi connectivity index (χ1) is 11.7. The molecule has 1 amide bonds. The molecule has 24 heavy (non-hydrogen) atoms. The molecule has 5 heteroatoms. The fourth-order valence-corrected chi connectivity index (χ4v) is 2.46. The Hall–Kier alpha value is -3.34. The van der Waals surface area contributed by atoms with Crippen molar-refractivity contribution in [3.05, 3.63) is 89.9 Å². The van der Waals surface area contributed by atoms with Crippen LogP contribution in [0.15, 0.2) is 77.4 Å². The summed E-state index contributed by atoms with van der Waals surface area (Å²) >= 11 is 0. The molecule has 5 nitrogen and oxygen atoms in total. The largest absolute Gasteiger partial charge is 0.478 e. The van der Waals surface area contributed by atoms with Crippen molar-refractivity contribution in [1.29, 1.82) is 0 Å². The molecule has 3 rings (SSSR count). The average molecular weight is 321 g/mol. The van der Waals surface area contributed by atoms with Crippen LogP contribution >= 0.6 is 0 Å². The van der Waals surface area contributed by atoms with Crippen molar-refractivity contribution in [3.8, 4) is 0 Å². The van der Waals surface area contributed by atoms with E-state index in [0.717, 1.165) is 5.56 Å². The Morgan fingerprint density at radius 3 is 2.29 bits per heavy atom. The number of aromatic carboxylic acids is 1. The molecular weight excluding hydrogens is 306 g/mol. The van der Waals surface area contributed by atoms with E-state index >= 15 is 0 Å². The minimum Gasteiger partial charge on any atom is -0.478 e. The van der Waals surface area contributed by atoms with Crippen LogP contribution in [0.2, 0.25) is 0 Å². The SMILES string of the molecule is O=C(O)c1ccccc1N(Cc1ccccc1)C(=O)c1ccco1. The Morgan fingerprint density at radius 1 is 0.917 bits per heavy atom. The lowest BCUT2D eigenvalue weighted by atomic mass is 10.1. The first-order valence-corrected chi connectivity index (χ1v) is 7.38. The standard InChI is InChI=1S/C19H15NO4/c21-18(17-11-6-12-24-17)20(13-14-7-2-1-3-8-14)16-10-5-4-9-15(16)19(22)23/h1-12H,13H2,(H,22,23). The Labute approximate surface area is 138 Å². The lowest BCUT2D eigenvalue weighted by Gasteiger charge is -2.23. The van der Waals surface area contributed by atoms with Gasteiger partial charge in [0.25, 0.3) is 5.91 Å². The summed E-state index contributed by atoms with van der Waals surface area (Å²) < 4.78 is 5.20. The first-order valence-electron chi connectivity index (χ1n) is 7.38. The minimum atomic E-state index is -1.09. The molecule has 0 saturated carbocycles. The summed E-state index contributed by atoms with van der Waals surface area (Å²) in [5.41, 5.74) is 1.28. The molecule has 0 spiro atoms. The van der Waals surface area contributed by atoms with Crippen LogP contribution in [-0.4, -0.2) is 17.0 Å². The summed E-state index contributed by atoms with van der Waals surface area (Å²) in [6.07, 6.45) is 1.41. The monoisotopic (exact) mass is 321 g/mol. The molecule has 0 aliphatic heterocycles. The number of hydrogen-bond acceptors (Lipinski definition) is 3. The highest BCUT2D eigenvalue weighted by atomic mass is 16.4. The van der Waals surface area contributed by atoms with E-state index < -0.39 is 11.9 Å². The van der Waals surface area contributed by atoms with Crippen molar-refractivity contribution < 1.29 is 19.1 Å². The van der Waals surface area contributed by atoms with Crippen LogP contribution in [0.1, 0.15) is 26.5 Å². The molecule has 1 heterocycles. The van der Waals surface area contributed by atoms with E-state index in [0.29, 0.717) is 5.69 Å². The van der Waals surface area contributed by atoms with Crippen LogP contribution in [0.5, 0.6) is 0 Å². The number of amides is 1. The molecule has 0 bridgehead atoms. The summed E-state index contributed by atoms with van der Waals surface area (Å²) in [5.74, 6) is -1.32. The number of benzene rings is 2. The molecule has 3 aromatic rings. The molecule has 2 aromatic carbocycles. The molecule has 0 atom stereocenters. The number of carbonyl (C=O) groups is 2. The van der Waals surface area contributed by atoms with Crippen molar-refractivity contribution in [2.75, 3.05) is 4.90 Å². The van der Waals surface area contributed by atoms with Gasteiger partial charge in [-0.3, -0.25) is 4.79 Å². The van der Waals surface area contributed by atoms with E-state index in [4.69, 9.17) is 4.42 Å². The van der Waals surface area contributed by atoms with Gasteiger partial charge in [0.05, 0.1) is 24.1 Å². The molecule has 0 saturated heterocycles. The van der Waals surface area contributed by atoms with Gasteiger partial charge >= 0.3 is 5.97 Å². The molecule has 1 N–H and O–H groups in total. The third kappa shape index (κ3) is 3.20. The van der Waals surface area contributed by atoms with Gasteiger partial charge in [-0.25, -0.2) is 4.79 Å². The van der Waals surface area contributed by atoms with Gasteiger partial charge in [0, 0.05) is 0 Å². The van der Waals surface area contributed by atoms with Crippen molar-refractivity contribution in [2.45, 2.75) is 6.54 Å². The number of carboxylic acids is 1. The zero-order valence-corrected chi connectivity index (χ0v) is 12.8. The van der Waals surface area contributed by atoms with Gasteiger partial charge in [-0.05, 0) is 29.8 Å². The van der Waals surface area contributed by atoms with Gasteiger partial charge in [0.2, 0.25) is 0 Å². The number of anilines is 1. The second kappa shape index (κ2) is 6.83. The van der Waals surface area contributed by atoms with Crippen molar-refractivity contribution in [2.24, 2.45) is 0 Å². The van der Waals surface area contributed by atoms with Crippen molar-refractivity contribution in [1.82, 2.24) is 0 Å². The summed E-state index contributed by atoms with van der Waals surface area (Å²) in [6, 6.07) is 19.0. The van der Waals surface area contributed by atoms with E-state index in [1.807, 2.05) is 30.3 Å². The number of carboxylic acid groups (broad SMARTS) is 1. The molecule has 1 aromatic heterocycles. The second-order valence-electron chi connectivity index (χ2n) is 5.18. The maximum atomic E-state index is 12.8. The summed E-state index contributed by atoms with van der Waals surface area (Å²) in [4.78, 5) is 25.8. The zero-order chi connectivity index (χ0) is 16.9. The first kappa shape index (κ1) is 15.6. The van der Waals surface area contributed by atoms with E-state index in [1.54, 1.807) is 30.3 Å². The van der Waals surface area contributed by atoms with E-state index in [1.165, 1.54) is 17.2 Å². The van der Waals surface area contributed by atoms with Crippen LogP contribution in [0, 0.1) is 0 Å². The number of hydrogen-bond donors (Lipinski definition) is 1. The van der Waals surface area contributed by atoms with E-state index in [-0.39, 0.29) is 17.9 Å². The van der Waals surface area contributed by atoms with E-state index in [9.17, 15) is 14.7 Å². The fraction of sp³-hybridized carbons (Fsp3) is 0.0526. The second-order valence-corrected chi connectivity index (χ2v) is 5.18. The van der Waals surface area contributed by atoms with Gasteiger partial charge in [-0.1, -0.05) is 42.5 Å². The predicted molar refractivity (Wildman–Crippen MR) is 89.1 cm³/mol. The smallest absolute Gasteiger partial charge is 0.337 e. The van der Waals surface area contributed by atoms with Gasteiger partial charge < -0.3 is 14.4 Å². The quantitative estimate of drug-likeness (QED) is 0.775.